The van der Waals surface area contributed by atoms with Crippen LogP contribution < -0.4 is 0 Å². The number of benzene rings is 1. The van der Waals surface area contributed by atoms with Gasteiger partial charge in [0.2, 0.25) is 0 Å². The number of hydrogen-bond donors (Lipinski definition) is 0. The van der Waals surface area contributed by atoms with Gasteiger partial charge in [-0.3, -0.25) is 9.78 Å². The summed E-state index contributed by atoms with van der Waals surface area (Å²) in [6, 6.07) is 7.68. The summed E-state index contributed by atoms with van der Waals surface area (Å²) in [5.74, 6) is 0.0681. The van der Waals surface area contributed by atoms with Crippen molar-refractivity contribution in [3.8, 4) is 0 Å². The predicted octanol–water partition coefficient (Wildman–Crippen LogP) is 2.99. The maximum Gasteiger partial charge on any atom is 0.195 e. The lowest BCUT2D eigenvalue weighted by atomic mass is 9.90. The third kappa shape index (κ3) is 1.71. The minimum atomic E-state index is -0.663. The van der Waals surface area contributed by atoms with Crippen LogP contribution in [0.5, 0.6) is 0 Å². The number of aromatic nitrogens is 1. The van der Waals surface area contributed by atoms with Crippen LogP contribution in [0.25, 0.3) is 10.8 Å². The molecule has 0 radical (unpaired) electrons. The number of Topliss-reactive ketones (excluding diaryl/α,β-unsaturated/α-hetero) is 1. The first kappa shape index (κ1) is 11.4. The number of nitrogens with zero attached hydrogens (tertiary/aromatic N) is 1. The molecular formula is C15H15NO2. The van der Waals surface area contributed by atoms with Gasteiger partial charge in [-0.05, 0) is 31.2 Å². The number of rotatable bonds is 2. The fraction of sp³-hybridized carbons (Fsp3) is 0.333. The standard InChI is InChI=1S/C15H15NO2/c1-15(7-3-9-18-15)14(17)12-5-2-4-11-6-8-16-10-13(11)12/h2,4-6,8,10H,3,7,9H2,1H3. The molecule has 0 saturated carbocycles. The van der Waals surface area contributed by atoms with E-state index in [1.165, 1.54) is 0 Å². The molecule has 92 valence electrons. The largest absolute Gasteiger partial charge is 0.367 e. The molecular weight excluding hydrogens is 226 g/mol. The van der Waals surface area contributed by atoms with Gasteiger partial charge in [-0.1, -0.05) is 18.2 Å². The Balaban J connectivity index is 2.12. The highest BCUT2D eigenvalue weighted by Crippen LogP contribution is 2.31. The van der Waals surface area contributed by atoms with Gasteiger partial charge >= 0.3 is 0 Å². The summed E-state index contributed by atoms with van der Waals surface area (Å²) in [5.41, 5.74) is 0.0504. The van der Waals surface area contributed by atoms with Crippen molar-refractivity contribution >= 4 is 16.6 Å². The van der Waals surface area contributed by atoms with E-state index >= 15 is 0 Å². The minimum Gasteiger partial charge on any atom is -0.367 e. The lowest BCUT2D eigenvalue weighted by Gasteiger charge is -2.22. The number of carbonyl (C=O) groups excluding carboxylic acids is 1. The Morgan fingerprint density at radius 3 is 3.06 bits per heavy atom. The first-order valence-electron chi connectivity index (χ1n) is 6.22. The van der Waals surface area contributed by atoms with Gasteiger partial charge in [0.1, 0.15) is 5.60 Å². The lowest BCUT2D eigenvalue weighted by molar-refractivity contribution is 0.0215. The highest BCUT2D eigenvalue weighted by Gasteiger charge is 2.38. The maximum atomic E-state index is 12.6. The molecule has 1 aromatic carbocycles. The van der Waals surface area contributed by atoms with Crippen molar-refractivity contribution in [1.82, 2.24) is 4.98 Å². The van der Waals surface area contributed by atoms with Gasteiger partial charge in [0.15, 0.2) is 5.78 Å². The molecule has 3 nitrogen and oxygen atoms in total. The number of ketones is 1. The van der Waals surface area contributed by atoms with Crippen LogP contribution in [0.15, 0.2) is 36.7 Å². The molecule has 0 amide bonds. The van der Waals surface area contributed by atoms with Crippen molar-refractivity contribution < 1.29 is 9.53 Å². The maximum absolute atomic E-state index is 12.6. The highest BCUT2D eigenvalue weighted by molar-refractivity contribution is 6.11. The Hall–Kier alpha value is -1.74. The quantitative estimate of drug-likeness (QED) is 0.759. The average molecular weight is 241 g/mol. The van der Waals surface area contributed by atoms with Gasteiger partial charge < -0.3 is 4.74 Å². The van der Waals surface area contributed by atoms with Gasteiger partial charge in [0.05, 0.1) is 0 Å². The number of ether oxygens (including phenoxy) is 1. The van der Waals surface area contributed by atoms with Gasteiger partial charge in [0.25, 0.3) is 0 Å². The second kappa shape index (κ2) is 4.18. The average Bonchev–Trinajstić information content (AvgIpc) is 2.85. The van der Waals surface area contributed by atoms with Crippen molar-refractivity contribution in [3.05, 3.63) is 42.2 Å². The molecule has 1 aliphatic heterocycles. The van der Waals surface area contributed by atoms with Crippen LogP contribution in [0, 0.1) is 0 Å². The molecule has 1 fully saturated rings. The van der Waals surface area contributed by atoms with Crippen LogP contribution >= 0.6 is 0 Å². The molecule has 1 saturated heterocycles. The Morgan fingerprint density at radius 1 is 1.39 bits per heavy atom. The SMILES string of the molecule is CC1(C(=O)c2cccc3ccncc23)CCCO1. The number of carbonyl (C=O) groups is 1. The monoisotopic (exact) mass is 241 g/mol. The Labute approximate surface area is 106 Å². The first-order chi connectivity index (χ1) is 8.71. The second-order valence-electron chi connectivity index (χ2n) is 4.91. The van der Waals surface area contributed by atoms with Crippen molar-refractivity contribution in [2.75, 3.05) is 6.61 Å². The molecule has 0 spiro atoms. The van der Waals surface area contributed by atoms with E-state index in [-0.39, 0.29) is 5.78 Å². The summed E-state index contributed by atoms with van der Waals surface area (Å²) in [6.45, 7) is 2.56. The van der Waals surface area contributed by atoms with Crippen LogP contribution in [-0.4, -0.2) is 23.0 Å². The van der Waals surface area contributed by atoms with E-state index in [0.29, 0.717) is 12.2 Å². The van der Waals surface area contributed by atoms with E-state index in [1.807, 2.05) is 31.2 Å². The molecule has 1 aliphatic rings. The van der Waals surface area contributed by atoms with E-state index < -0.39 is 5.60 Å². The smallest absolute Gasteiger partial charge is 0.195 e. The van der Waals surface area contributed by atoms with E-state index in [0.717, 1.165) is 23.6 Å². The molecule has 3 rings (SSSR count). The van der Waals surface area contributed by atoms with Crippen LogP contribution in [0.3, 0.4) is 0 Å². The Kier molecular flexibility index (Phi) is 2.63. The topological polar surface area (TPSA) is 39.2 Å². The van der Waals surface area contributed by atoms with E-state index in [2.05, 4.69) is 4.98 Å². The molecule has 0 N–H and O–H groups in total. The predicted molar refractivity (Wildman–Crippen MR) is 69.7 cm³/mol. The van der Waals surface area contributed by atoms with E-state index in [4.69, 9.17) is 4.74 Å². The number of pyridine rings is 1. The zero-order valence-corrected chi connectivity index (χ0v) is 10.3. The van der Waals surface area contributed by atoms with Gasteiger partial charge in [0, 0.05) is 30.0 Å². The summed E-state index contributed by atoms with van der Waals surface area (Å²) >= 11 is 0. The summed E-state index contributed by atoms with van der Waals surface area (Å²) in [4.78, 5) is 16.7. The molecule has 2 heterocycles. The molecule has 1 atom stereocenters. The molecule has 1 aromatic heterocycles. The number of fused-ring (bicyclic) bond motifs is 1. The third-order valence-corrected chi connectivity index (χ3v) is 3.63. The van der Waals surface area contributed by atoms with Crippen molar-refractivity contribution in [1.29, 1.82) is 0 Å². The molecule has 0 bridgehead atoms. The van der Waals surface area contributed by atoms with E-state index in [1.54, 1.807) is 12.4 Å². The summed E-state index contributed by atoms with van der Waals surface area (Å²) in [5, 5.41) is 1.94. The molecule has 0 aliphatic carbocycles. The minimum absolute atomic E-state index is 0.0681. The van der Waals surface area contributed by atoms with Crippen LogP contribution in [-0.2, 0) is 4.74 Å². The summed E-state index contributed by atoms with van der Waals surface area (Å²) in [7, 11) is 0. The third-order valence-electron chi connectivity index (χ3n) is 3.63. The first-order valence-corrected chi connectivity index (χ1v) is 6.22. The fourth-order valence-electron chi connectivity index (χ4n) is 2.55. The second-order valence-corrected chi connectivity index (χ2v) is 4.91. The van der Waals surface area contributed by atoms with E-state index in [9.17, 15) is 4.79 Å². The zero-order valence-electron chi connectivity index (χ0n) is 10.3. The number of hydrogen-bond acceptors (Lipinski definition) is 3. The molecule has 3 heteroatoms. The van der Waals surface area contributed by atoms with Gasteiger partial charge in [-0.2, -0.15) is 0 Å². The molecule has 2 aromatic rings. The van der Waals surface area contributed by atoms with Crippen LogP contribution in [0.4, 0.5) is 0 Å². The van der Waals surface area contributed by atoms with Gasteiger partial charge in [-0.15, -0.1) is 0 Å². The fourth-order valence-corrected chi connectivity index (χ4v) is 2.55. The lowest BCUT2D eigenvalue weighted by Crippen LogP contribution is -2.34. The highest BCUT2D eigenvalue weighted by atomic mass is 16.5. The van der Waals surface area contributed by atoms with Crippen molar-refractivity contribution in [3.63, 3.8) is 0 Å². The molecule has 1 unspecified atom stereocenters. The van der Waals surface area contributed by atoms with Gasteiger partial charge in [-0.25, -0.2) is 0 Å². The van der Waals surface area contributed by atoms with Crippen molar-refractivity contribution in [2.45, 2.75) is 25.4 Å². The summed E-state index contributed by atoms with van der Waals surface area (Å²) in [6.07, 6.45) is 5.24. The Bertz CT molecular complexity index is 595. The summed E-state index contributed by atoms with van der Waals surface area (Å²) < 4.78 is 5.64. The van der Waals surface area contributed by atoms with Crippen molar-refractivity contribution in [2.24, 2.45) is 0 Å². The molecule has 18 heavy (non-hydrogen) atoms. The zero-order chi connectivity index (χ0) is 12.6. The van der Waals surface area contributed by atoms with Crippen LogP contribution in [0.1, 0.15) is 30.1 Å². The normalized spacial score (nSPS) is 23.4. The van der Waals surface area contributed by atoms with Crippen LogP contribution in [0.2, 0.25) is 0 Å². The Morgan fingerprint density at radius 2 is 2.28 bits per heavy atom.